The lowest BCUT2D eigenvalue weighted by atomic mass is 10.4. The fourth-order valence-electron chi connectivity index (χ4n) is 1.03. The molecule has 0 aromatic carbocycles. The van der Waals surface area contributed by atoms with Gasteiger partial charge in [-0.2, -0.15) is 0 Å². The van der Waals surface area contributed by atoms with Gasteiger partial charge in [-0.05, 0) is 13.3 Å². The van der Waals surface area contributed by atoms with Gasteiger partial charge in [-0.25, -0.2) is 4.74 Å². The summed E-state index contributed by atoms with van der Waals surface area (Å²) in [5.74, 6) is -0.343. The second-order valence-electron chi connectivity index (χ2n) is 3.09. The monoisotopic (exact) mass is 218 g/mol. The lowest BCUT2D eigenvalue weighted by Gasteiger charge is -2.21. The quantitative estimate of drug-likeness (QED) is 0.558. The molecular weight excluding hydrogens is 203 g/mol. The van der Waals surface area contributed by atoms with E-state index < -0.39 is 7.66 Å². The maximum atomic E-state index is 11.1. The summed E-state index contributed by atoms with van der Waals surface area (Å²) in [5.41, 5.74) is 0.501. The van der Waals surface area contributed by atoms with E-state index in [9.17, 15) is 9.69 Å². The zero-order valence-electron chi connectivity index (χ0n) is 8.36. The third kappa shape index (κ3) is 3.25. The Labute approximate surface area is 83.4 Å². The van der Waals surface area contributed by atoms with Crippen molar-refractivity contribution in [3.05, 3.63) is 11.8 Å². The van der Waals surface area contributed by atoms with Gasteiger partial charge in [-0.3, -0.25) is 9.88 Å². The van der Waals surface area contributed by atoms with Crippen LogP contribution in [-0.4, -0.2) is 17.4 Å². The predicted octanol–water partition coefficient (Wildman–Crippen LogP) is 1.78. The van der Waals surface area contributed by atoms with Crippen molar-refractivity contribution in [3.63, 3.8) is 0 Å². The first-order valence-electron chi connectivity index (χ1n) is 4.56. The molecule has 1 rings (SSSR count). The van der Waals surface area contributed by atoms with Gasteiger partial charge in [0.1, 0.15) is 0 Å². The van der Waals surface area contributed by atoms with Crippen LogP contribution in [0.4, 0.5) is 0 Å². The molecule has 0 bridgehead atoms. The first kappa shape index (κ1) is 11.4. The molecule has 6 heteroatoms. The third-order valence-corrected chi connectivity index (χ3v) is 3.30. The van der Waals surface area contributed by atoms with Crippen molar-refractivity contribution in [3.8, 4) is 0 Å². The topological polar surface area (TPSA) is 70.9 Å². The lowest BCUT2D eigenvalue weighted by Crippen LogP contribution is -2.22. The molecule has 5 nitrogen and oxygen atoms in total. The molecule has 0 aromatic rings. The summed E-state index contributed by atoms with van der Waals surface area (Å²) < 4.78 is 9.09. The molecule has 14 heavy (non-hydrogen) atoms. The van der Waals surface area contributed by atoms with Crippen LogP contribution >= 0.6 is 7.66 Å². The van der Waals surface area contributed by atoms with Gasteiger partial charge >= 0.3 is 7.66 Å². The molecule has 1 heterocycles. The standard InChI is InChI=1S/C8H15N2O3P/c1-3-4-5-13-14(12)9-7(2)6-8(11)10-14/h6,12H,3-5H2,1-2H3,(H,10,11). The molecule has 1 amide bonds. The van der Waals surface area contributed by atoms with Crippen molar-refractivity contribution in [2.24, 2.45) is 4.74 Å². The first-order valence-corrected chi connectivity index (χ1v) is 6.17. The minimum atomic E-state index is -3.05. The van der Waals surface area contributed by atoms with Gasteiger partial charge in [0.15, 0.2) is 0 Å². The van der Waals surface area contributed by atoms with Gasteiger partial charge in [0.2, 0.25) is 0 Å². The number of rotatable bonds is 4. The van der Waals surface area contributed by atoms with E-state index in [0.29, 0.717) is 12.3 Å². The molecule has 0 fully saturated rings. The summed E-state index contributed by atoms with van der Waals surface area (Å²) in [6, 6.07) is 0. The number of nitrogens with zero attached hydrogens (tertiary/aromatic N) is 1. The summed E-state index contributed by atoms with van der Waals surface area (Å²) in [5, 5.41) is 2.34. The molecule has 0 saturated heterocycles. The molecule has 0 aliphatic carbocycles. The molecule has 1 aliphatic rings. The zero-order valence-corrected chi connectivity index (χ0v) is 9.25. The van der Waals surface area contributed by atoms with Crippen LogP contribution in [0.25, 0.3) is 0 Å². The average Bonchev–Trinajstić information content (AvgIpc) is 2.01. The Hall–Kier alpha value is -0.640. The summed E-state index contributed by atoms with van der Waals surface area (Å²) in [4.78, 5) is 20.9. The van der Waals surface area contributed by atoms with Crippen molar-refractivity contribution in [1.29, 1.82) is 0 Å². The van der Waals surface area contributed by atoms with Crippen LogP contribution in [0, 0.1) is 0 Å². The second kappa shape index (κ2) is 4.73. The highest BCUT2D eigenvalue weighted by Gasteiger charge is 2.23. The Kier molecular flexibility index (Phi) is 3.86. The van der Waals surface area contributed by atoms with Crippen molar-refractivity contribution in [1.82, 2.24) is 5.09 Å². The van der Waals surface area contributed by atoms with Gasteiger partial charge in [0.05, 0.1) is 6.61 Å². The van der Waals surface area contributed by atoms with Gasteiger partial charge in [-0.1, -0.05) is 13.3 Å². The molecule has 0 saturated carbocycles. The van der Waals surface area contributed by atoms with E-state index in [0.717, 1.165) is 12.8 Å². The van der Waals surface area contributed by atoms with E-state index in [1.165, 1.54) is 6.08 Å². The lowest BCUT2D eigenvalue weighted by molar-refractivity contribution is -0.115. The number of hydrogen-bond acceptors (Lipinski definition) is 3. The second-order valence-corrected chi connectivity index (χ2v) is 4.86. The fraction of sp³-hybridized carbons (Fsp3) is 0.625. The maximum absolute atomic E-state index is 11.1. The highest BCUT2D eigenvalue weighted by atomic mass is 31.2. The number of nitrogens with one attached hydrogen (secondary N) is 1. The predicted molar refractivity (Wildman–Crippen MR) is 54.3 cm³/mol. The van der Waals surface area contributed by atoms with Gasteiger partial charge in [0.25, 0.3) is 5.91 Å². The van der Waals surface area contributed by atoms with Crippen molar-refractivity contribution >= 4 is 13.6 Å². The molecule has 1 unspecified atom stereocenters. The van der Waals surface area contributed by atoms with Crippen LogP contribution in [-0.2, 0) is 9.32 Å². The minimum absolute atomic E-state index is 0.343. The van der Waals surface area contributed by atoms with E-state index in [2.05, 4.69) is 9.83 Å². The van der Waals surface area contributed by atoms with E-state index >= 15 is 0 Å². The number of carbonyl (C=O) groups is 1. The summed E-state index contributed by atoms with van der Waals surface area (Å²) in [6.07, 6.45) is 3.15. The Balaban J connectivity index is 2.64. The first-order chi connectivity index (χ1) is 6.56. The van der Waals surface area contributed by atoms with Crippen LogP contribution in [0.5, 0.6) is 0 Å². The number of hydrogen-bond donors (Lipinski definition) is 2. The maximum Gasteiger partial charge on any atom is 0.319 e. The Morgan fingerprint density at radius 1 is 1.71 bits per heavy atom. The fourth-order valence-corrected chi connectivity index (χ4v) is 2.42. The van der Waals surface area contributed by atoms with E-state index in [-0.39, 0.29) is 5.91 Å². The van der Waals surface area contributed by atoms with Crippen molar-refractivity contribution in [2.75, 3.05) is 6.61 Å². The Bertz CT molecular complexity index is 312. The highest BCUT2D eigenvalue weighted by Crippen LogP contribution is 2.44. The van der Waals surface area contributed by atoms with Gasteiger partial charge in [0, 0.05) is 11.8 Å². The Morgan fingerprint density at radius 3 is 3.00 bits per heavy atom. The molecule has 0 aromatic heterocycles. The molecule has 0 spiro atoms. The normalized spacial score (nSPS) is 26.5. The number of amides is 1. The van der Waals surface area contributed by atoms with Crippen molar-refractivity contribution in [2.45, 2.75) is 26.7 Å². The highest BCUT2D eigenvalue weighted by molar-refractivity contribution is 7.54. The summed E-state index contributed by atoms with van der Waals surface area (Å²) in [6.45, 7) is 4.10. The smallest absolute Gasteiger partial charge is 0.319 e. The van der Waals surface area contributed by atoms with E-state index in [1.54, 1.807) is 6.92 Å². The van der Waals surface area contributed by atoms with Crippen LogP contribution < -0.4 is 5.09 Å². The van der Waals surface area contributed by atoms with Crippen LogP contribution in [0.15, 0.2) is 16.5 Å². The SMILES string of the molecule is CCCCOP1(O)=NC(C)=CC(=O)N1. The average molecular weight is 218 g/mol. The van der Waals surface area contributed by atoms with E-state index in [4.69, 9.17) is 4.52 Å². The number of carbonyl (C=O) groups excluding carboxylic acids is 1. The van der Waals surface area contributed by atoms with Gasteiger partial charge < -0.3 is 9.42 Å². The van der Waals surface area contributed by atoms with Crippen molar-refractivity contribution < 1.29 is 14.2 Å². The van der Waals surface area contributed by atoms with Crippen LogP contribution in [0.2, 0.25) is 0 Å². The van der Waals surface area contributed by atoms with E-state index in [1.807, 2.05) is 6.92 Å². The molecular formula is C8H15N2O3P. The molecule has 0 radical (unpaired) electrons. The zero-order chi connectivity index (χ0) is 10.6. The van der Waals surface area contributed by atoms with Crippen LogP contribution in [0.3, 0.4) is 0 Å². The van der Waals surface area contributed by atoms with Crippen LogP contribution in [0.1, 0.15) is 26.7 Å². The third-order valence-electron chi connectivity index (χ3n) is 1.66. The molecule has 1 atom stereocenters. The number of allylic oxidation sites excluding steroid dienone is 1. The van der Waals surface area contributed by atoms with Gasteiger partial charge in [-0.15, -0.1) is 0 Å². The largest absolute Gasteiger partial charge is 0.323 e. The minimum Gasteiger partial charge on any atom is -0.323 e. The Morgan fingerprint density at radius 2 is 2.43 bits per heavy atom. The molecule has 80 valence electrons. The molecule has 1 aliphatic heterocycles. The summed E-state index contributed by atoms with van der Waals surface area (Å²) >= 11 is 0. The molecule has 2 N–H and O–H groups in total. The number of unbranched alkanes of at least 4 members (excludes halogenated alkanes) is 1. The summed E-state index contributed by atoms with van der Waals surface area (Å²) in [7, 11) is -3.05.